The molecule has 0 heterocycles. The number of ketones is 2. The molecule has 0 saturated carbocycles. The van der Waals surface area contributed by atoms with Gasteiger partial charge in [0.15, 0.2) is 11.6 Å². The van der Waals surface area contributed by atoms with Crippen molar-refractivity contribution in [2.75, 3.05) is 0 Å². The van der Waals surface area contributed by atoms with Gasteiger partial charge >= 0.3 is 0 Å². The number of fused-ring (bicyclic) bond motifs is 1. The lowest BCUT2D eigenvalue weighted by Gasteiger charge is -2.09. The van der Waals surface area contributed by atoms with Crippen LogP contribution < -0.4 is 0 Å². The molecule has 2 nitrogen and oxygen atoms in total. The number of rotatable bonds is 1. The van der Waals surface area contributed by atoms with Gasteiger partial charge < -0.3 is 0 Å². The molecule has 0 aliphatic heterocycles. The molecule has 0 amide bonds. The molecule has 0 radical (unpaired) electrons. The van der Waals surface area contributed by atoms with E-state index in [4.69, 9.17) is 0 Å². The smallest absolute Gasteiger partial charge is 0.178 e. The lowest BCUT2D eigenvalue weighted by Crippen LogP contribution is -2.14. The van der Waals surface area contributed by atoms with Crippen molar-refractivity contribution in [1.82, 2.24) is 0 Å². The van der Waals surface area contributed by atoms with Gasteiger partial charge in [0.05, 0.1) is 0 Å². The first kappa shape index (κ1) is 11.8. The third-order valence-corrected chi connectivity index (χ3v) is 3.45. The van der Waals surface area contributed by atoms with Crippen molar-refractivity contribution in [2.24, 2.45) is 0 Å². The molecule has 2 aromatic rings. The van der Waals surface area contributed by atoms with Crippen LogP contribution in [0.5, 0.6) is 0 Å². The molecular formula is C16H11FO2. The van der Waals surface area contributed by atoms with Crippen LogP contribution in [0, 0.1) is 12.7 Å². The van der Waals surface area contributed by atoms with Crippen molar-refractivity contribution in [3.8, 4) is 0 Å². The highest BCUT2D eigenvalue weighted by molar-refractivity contribution is 6.29. The summed E-state index contributed by atoms with van der Waals surface area (Å²) in [6.45, 7) is 1.76. The maximum atomic E-state index is 14.0. The first-order chi connectivity index (χ1) is 9.09. The highest BCUT2D eigenvalue weighted by Gasteiger charge is 2.40. The second-order valence-corrected chi connectivity index (χ2v) is 4.73. The Kier molecular flexibility index (Phi) is 2.56. The number of halogens is 1. The molecule has 0 bridgehead atoms. The van der Waals surface area contributed by atoms with Crippen LogP contribution in [0.4, 0.5) is 4.39 Å². The fourth-order valence-corrected chi connectivity index (χ4v) is 2.49. The van der Waals surface area contributed by atoms with Crippen molar-refractivity contribution in [3.63, 3.8) is 0 Å². The van der Waals surface area contributed by atoms with E-state index in [0.717, 1.165) is 5.56 Å². The number of hydrogen-bond donors (Lipinski definition) is 0. The average Bonchev–Trinajstić information content (AvgIpc) is 2.64. The normalized spacial score (nSPS) is 14.8. The fraction of sp³-hybridized carbons (Fsp3) is 0.125. The minimum absolute atomic E-state index is 0.164. The van der Waals surface area contributed by atoms with Crippen LogP contribution in [0.2, 0.25) is 0 Å². The van der Waals surface area contributed by atoms with Crippen molar-refractivity contribution in [3.05, 3.63) is 70.5 Å². The Bertz CT molecular complexity index is 669. The average molecular weight is 254 g/mol. The molecule has 0 atom stereocenters. The van der Waals surface area contributed by atoms with E-state index in [2.05, 4.69) is 0 Å². The van der Waals surface area contributed by atoms with E-state index in [1.807, 2.05) is 0 Å². The maximum absolute atomic E-state index is 14.0. The van der Waals surface area contributed by atoms with Crippen LogP contribution in [0.1, 0.15) is 37.8 Å². The predicted octanol–water partition coefficient (Wildman–Crippen LogP) is 3.30. The van der Waals surface area contributed by atoms with Gasteiger partial charge in [0.2, 0.25) is 0 Å². The summed E-state index contributed by atoms with van der Waals surface area (Å²) in [4.78, 5) is 24.5. The first-order valence-corrected chi connectivity index (χ1v) is 6.03. The van der Waals surface area contributed by atoms with Gasteiger partial charge in [-0.2, -0.15) is 0 Å². The van der Waals surface area contributed by atoms with Gasteiger partial charge in [-0.25, -0.2) is 4.39 Å². The summed E-state index contributed by atoms with van der Waals surface area (Å²) in [5, 5.41) is 0. The van der Waals surface area contributed by atoms with Gasteiger partial charge in [-0.15, -0.1) is 0 Å². The summed E-state index contributed by atoms with van der Waals surface area (Å²) in [5.41, 5.74) is 1.70. The minimum atomic E-state index is -1.03. The molecule has 3 heteroatoms. The summed E-state index contributed by atoms with van der Waals surface area (Å²) < 4.78 is 14.0. The van der Waals surface area contributed by atoms with Gasteiger partial charge in [-0.1, -0.05) is 36.4 Å². The van der Waals surface area contributed by atoms with E-state index in [1.54, 1.807) is 37.3 Å². The van der Waals surface area contributed by atoms with Crippen molar-refractivity contribution in [1.29, 1.82) is 0 Å². The third kappa shape index (κ3) is 1.70. The Hall–Kier alpha value is -2.29. The second kappa shape index (κ2) is 4.12. The van der Waals surface area contributed by atoms with E-state index in [0.29, 0.717) is 11.1 Å². The molecule has 0 aromatic heterocycles. The Labute approximate surface area is 109 Å². The molecule has 1 aliphatic rings. The highest BCUT2D eigenvalue weighted by atomic mass is 19.1. The standard InChI is InChI=1S/C16H11FO2/c1-9-6-7-12(13(17)8-9)14-15(18)10-4-2-3-5-11(10)16(14)19/h2-8,14H,1H3. The summed E-state index contributed by atoms with van der Waals surface area (Å²) >= 11 is 0. The maximum Gasteiger partial charge on any atom is 0.178 e. The van der Waals surface area contributed by atoms with E-state index in [1.165, 1.54) is 12.1 Å². The first-order valence-electron chi connectivity index (χ1n) is 6.03. The largest absolute Gasteiger partial charge is 0.293 e. The predicted molar refractivity (Wildman–Crippen MR) is 69.0 cm³/mol. The summed E-state index contributed by atoms with van der Waals surface area (Å²) in [6.07, 6.45) is 0. The Morgan fingerprint density at radius 2 is 1.53 bits per heavy atom. The van der Waals surface area contributed by atoms with E-state index in [9.17, 15) is 14.0 Å². The molecular weight excluding hydrogens is 243 g/mol. The topological polar surface area (TPSA) is 34.1 Å². The Morgan fingerprint density at radius 3 is 2.05 bits per heavy atom. The van der Waals surface area contributed by atoms with E-state index in [-0.39, 0.29) is 17.1 Å². The minimum Gasteiger partial charge on any atom is -0.293 e. The van der Waals surface area contributed by atoms with Crippen LogP contribution in [0.15, 0.2) is 42.5 Å². The second-order valence-electron chi connectivity index (χ2n) is 4.73. The zero-order valence-corrected chi connectivity index (χ0v) is 10.3. The molecule has 1 aliphatic carbocycles. The van der Waals surface area contributed by atoms with Crippen molar-refractivity contribution in [2.45, 2.75) is 12.8 Å². The number of hydrogen-bond acceptors (Lipinski definition) is 2. The van der Waals surface area contributed by atoms with Crippen molar-refractivity contribution < 1.29 is 14.0 Å². The van der Waals surface area contributed by atoms with Crippen molar-refractivity contribution >= 4 is 11.6 Å². The van der Waals surface area contributed by atoms with Gasteiger partial charge in [0, 0.05) is 16.7 Å². The number of aryl methyl sites for hydroxylation is 1. The van der Waals surface area contributed by atoms with Crippen LogP contribution in [0.3, 0.4) is 0 Å². The molecule has 3 rings (SSSR count). The number of Topliss-reactive ketones (excluding diaryl/α,β-unsaturated/α-hetero) is 2. The van der Waals surface area contributed by atoms with Gasteiger partial charge in [0.1, 0.15) is 11.7 Å². The Morgan fingerprint density at radius 1 is 0.947 bits per heavy atom. The lowest BCUT2D eigenvalue weighted by atomic mass is 9.93. The highest BCUT2D eigenvalue weighted by Crippen LogP contribution is 2.35. The fourth-order valence-electron chi connectivity index (χ4n) is 2.49. The molecule has 0 spiro atoms. The number of carbonyl (C=O) groups is 2. The summed E-state index contributed by atoms with van der Waals surface area (Å²) in [7, 11) is 0. The SMILES string of the molecule is Cc1ccc(C2C(=O)c3ccccc3C2=O)c(F)c1. The van der Waals surface area contributed by atoms with E-state index >= 15 is 0 Å². The van der Waals surface area contributed by atoms with Crippen LogP contribution in [-0.2, 0) is 0 Å². The zero-order chi connectivity index (χ0) is 13.6. The van der Waals surface area contributed by atoms with Gasteiger partial charge in [-0.05, 0) is 18.6 Å². The van der Waals surface area contributed by atoms with E-state index < -0.39 is 11.7 Å². The third-order valence-electron chi connectivity index (χ3n) is 3.45. The summed E-state index contributed by atoms with van der Waals surface area (Å²) in [6, 6.07) is 11.2. The molecule has 0 fully saturated rings. The molecule has 0 unspecified atom stereocenters. The van der Waals surface area contributed by atoms with Crippen LogP contribution >= 0.6 is 0 Å². The monoisotopic (exact) mass is 254 g/mol. The Balaban J connectivity index is 2.14. The van der Waals surface area contributed by atoms with Crippen LogP contribution in [-0.4, -0.2) is 11.6 Å². The molecule has 0 saturated heterocycles. The quantitative estimate of drug-likeness (QED) is 0.732. The lowest BCUT2D eigenvalue weighted by molar-refractivity contribution is 0.0887. The number of carbonyl (C=O) groups excluding carboxylic acids is 2. The molecule has 0 N–H and O–H groups in total. The van der Waals surface area contributed by atoms with Gasteiger partial charge in [0.25, 0.3) is 0 Å². The molecule has 2 aromatic carbocycles. The van der Waals surface area contributed by atoms with Crippen LogP contribution in [0.25, 0.3) is 0 Å². The zero-order valence-electron chi connectivity index (χ0n) is 10.3. The molecule has 94 valence electrons. The number of benzene rings is 2. The van der Waals surface area contributed by atoms with Gasteiger partial charge in [-0.3, -0.25) is 9.59 Å². The molecule has 19 heavy (non-hydrogen) atoms. The summed E-state index contributed by atoms with van der Waals surface area (Å²) in [5.74, 6) is -2.16.